The molecule has 0 unspecified atom stereocenters. The summed E-state index contributed by atoms with van der Waals surface area (Å²) >= 11 is 0. The molecule has 0 amide bonds. The van der Waals surface area contributed by atoms with E-state index in [0.29, 0.717) is 24.3 Å². The number of sulfone groups is 1. The molecule has 0 aromatic rings. The predicted octanol–water partition coefficient (Wildman–Crippen LogP) is 2.02. The topological polar surface area (TPSA) is 34.1 Å². The Morgan fingerprint density at radius 2 is 1.33 bits per heavy atom. The van der Waals surface area contributed by atoms with Crippen LogP contribution >= 0.6 is 0 Å². The summed E-state index contributed by atoms with van der Waals surface area (Å²) < 4.78 is 22.4. The Labute approximate surface area is 76.3 Å². The zero-order chi connectivity index (χ0) is 9.45. The summed E-state index contributed by atoms with van der Waals surface area (Å²) in [6.07, 6.45) is 3.87. The minimum atomic E-state index is -2.78. The molecule has 0 rings (SSSR count). The Hall–Kier alpha value is -0.0500. The van der Waals surface area contributed by atoms with E-state index < -0.39 is 9.84 Å². The van der Waals surface area contributed by atoms with Crippen molar-refractivity contribution in [2.24, 2.45) is 0 Å². The predicted molar refractivity (Wildman–Crippen MR) is 52.5 cm³/mol. The van der Waals surface area contributed by atoms with Crippen molar-refractivity contribution in [1.82, 2.24) is 0 Å². The third-order valence-electron chi connectivity index (χ3n) is 1.66. The van der Waals surface area contributed by atoms with E-state index in [9.17, 15) is 8.42 Å². The molecule has 0 aromatic carbocycles. The first-order chi connectivity index (χ1) is 5.62. The quantitative estimate of drug-likeness (QED) is 0.576. The van der Waals surface area contributed by atoms with E-state index in [0.717, 1.165) is 19.3 Å². The van der Waals surface area contributed by atoms with Gasteiger partial charge in [0.2, 0.25) is 0 Å². The molecule has 0 heterocycles. The van der Waals surface area contributed by atoms with Gasteiger partial charge in [-0.05, 0) is 12.8 Å². The Morgan fingerprint density at radius 1 is 0.833 bits per heavy atom. The van der Waals surface area contributed by atoms with E-state index >= 15 is 0 Å². The van der Waals surface area contributed by atoms with Crippen molar-refractivity contribution in [3.05, 3.63) is 13.8 Å². The summed E-state index contributed by atoms with van der Waals surface area (Å²) in [5, 5.41) is 0. The lowest BCUT2D eigenvalue weighted by molar-refractivity contribution is 0.589. The van der Waals surface area contributed by atoms with Crippen molar-refractivity contribution in [3.8, 4) is 0 Å². The van der Waals surface area contributed by atoms with Crippen molar-refractivity contribution in [3.63, 3.8) is 0 Å². The molecule has 0 bridgehead atoms. The molecule has 2 radical (unpaired) electrons. The molecule has 0 saturated heterocycles. The second-order valence-corrected chi connectivity index (χ2v) is 5.22. The summed E-state index contributed by atoms with van der Waals surface area (Å²) in [5.74, 6) is 0.621. The van der Waals surface area contributed by atoms with Crippen LogP contribution in [0.4, 0.5) is 0 Å². The van der Waals surface area contributed by atoms with Crippen LogP contribution in [-0.2, 0) is 9.84 Å². The zero-order valence-electron chi connectivity index (χ0n) is 7.59. The van der Waals surface area contributed by atoms with Gasteiger partial charge in [-0.1, -0.05) is 33.1 Å². The molecule has 0 aliphatic rings. The SMILES string of the molecule is [CH2]CCCCS(=O)(=O)CCC[CH2]. The van der Waals surface area contributed by atoms with Crippen molar-refractivity contribution in [2.75, 3.05) is 11.5 Å². The Bertz CT molecular complexity index is 183. The van der Waals surface area contributed by atoms with E-state index in [1.807, 2.05) is 0 Å². The van der Waals surface area contributed by atoms with Gasteiger partial charge in [-0.25, -0.2) is 8.42 Å². The molecule has 0 aliphatic carbocycles. The molecular formula is C9H18O2S. The lowest BCUT2D eigenvalue weighted by Gasteiger charge is -2.01. The molecule has 0 fully saturated rings. The lowest BCUT2D eigenvalue weighted by Crippen LogP contribution is -2.10. The molecular weight excluding hydrogens is 172 g/mol. The molecule has 0 N–H and O–H groups in total. The average molecular weight is 190 g/mol. The molecule has 72 valence electrons. The van der Waals surface area contributed by atoms with Crippen molar-refractivity contribution < 1.29 is 8.42 Å². The van der Waals surface area contributed by atoms with E-state index in [4.69, 9.17) is 0 Å². The van der Waals surface area contributed by atoms with Crippen LogP contribution in [0.1, 0.15) is 32.1 Å². The van der Waals surface area contributed by atoms with Gasteiger partial charge in [-0.2, -0.15) is 0 Å². The number of hydrogen-bond acceptors (Lipinski definition) is 2. The molecule has 0 spiro atoms. The average Bonchev–Trinajstić information content (AvgIpc) is 2.01. The second-order valence-electron chi connectivity index (χ2n) is 2.92. The van der Waals surface area contributed by atoms with Gasteiger partial charge in [0.15, 0.2) is 0 Å². The first kappa shape index (κ1) is 11.9. The zero-order valence-corrected chi connectivity index (χ0v) is 8.41. The highest BCUT2D eigenvalue weighted by Gasteiger charge is 2.08. The van der Waals surface area contributed by atoms with Crippen LogP contribution in [0.25, 0.3) is 0 Å². The smallest absolute Gasteiger partial charge is 0.150 e. The molecule has 0 saturated carbocycles. The van der Waals surface area contributed by atoms with Crippen molar-refractivity contribution in [1.29, 1.82) is 0 Å². The van der Waals surface area contributed by atoms with Gasteiger partial charge >= 0.3 is 0 Å². The summed E-state index contributed by atoms with van der Waals surface area (Å²) in [4.78, 5) is 0. The maximum absolute atomic E-state index is 11.2. The van der Waals surface area contributed by atoms with Gasteiger partial charge in [0.05, 0.1) is 11.5 Å². The highest BCUT2D eigenvalue weighted by Crippen LogP contribution is 2.02. The number of hydrogen-bond donors (Lipinski definition) is 0. The Balaban J connectivity index is 3.58. The Kier molecular flexibility index (Phi) is 6.44. The molecule has 0 aromatic heterocycles. The summed E-state index contributed by atoms with van der Waals surface area (Å²) in [6, 6.07) is 0. The fraction of sp³-hybridized carbons (Fsp3) is 0.778. The second kappa shape index (κ2) is 6.46. The summed E-state index contributed by atoms with van der Waals surface area (Å²) in [7, 11) is -2.78. The van der Waals surface area contributed by atoms with Crippen LogP contribution in [0, 0.1) is 13.8 Å². The van der Waals surface area contributed by atoms with Gasteiger partial charge in [0.25, 0.3) is 0 Å². The van der Waals surface area contributed by atoms with Crippen molar-refractivity contribution in [2.45, 2.75) is 32.1 Å². The van der Waals surface area contributed by atoms with E-state index in [-0.39, 0.29) is 0 Å². The molecule has 12 heavy (non-hydrogen) atoms. The number of unbranched alkanes of at least 4 members (excludes halogenated alkanes) is 3. The van der Waals surface area contributed by atoms with Gasteiger partial charge in [0.1, 0.15) is 9.84 Å². The highest BCUT2D eigenvalue weighted by atomic mass is 32.2. The third kappa shape index (κ3) is 6.65. The van der Waals surface area contributed by atoms with E-state index in [1.165, 1.54) is 0 Å². The van der Waals surface area contributed by atoms with Gasteiger partial charge < -0.3 is 0 Å². The third-order valence-corrected chi connectivity index (χ3v) is 3.48. The van der Waals surface area contributed by atoms with Crippen LogP contribution in [-0.4, -0.2) is 19.9 Å². The molecule has 3 heteroatoms. The lowest BCUT2D eigenvalue weighted by atomic mass is 10.3. The van der Waals surface area contributed by atoms with Gasteiger partial charge in [0, 0.05) is 0 Å². The van der Waals surface area contributed by atoms with Crippen molar-refractivity contribution >= 4 is 9.84 Å². The standard InChI is InChI=1S/C9H18O2S/c1-3-5-7-9-12(10,11)8-6-4-2/h1-9H2. The molecule has 0 aliphatic heterocycles. The summed E-state index contributed by atoms with van der Waals surface area (Å²) in [6.45, 7) is 7.27. The van der Waals surface area contributed by atoms with Gasteiger partial charge in [-0.15, -0.1) is 0 Å². The number of rotatable bonds is 7. The fourth-order valence-electron chi connectivity index (χ4n) is 0.923. The van der Waals surface area contributed by atoms with Crippen LogP contribution in [0.2, 0.25) is 0 Å². The van der Waals surface area contributed by atoms with E-state index in [1.54, 1.807) is 0 Å². The van der Waals surface area contributed by atoms with Crippen LogP contribution in [0.15, 0.2) is 0 Å². The maximum Gasteiger partial charge on any atom is 0.150 e. The normalized spacial score (nSPS) is 11.8. The first-order valence-corrected chi connectivity index (χ1v) is 6.23. The molecule has 0 atom stereocenters. The highest BCUT2D eigenvalue weighted by molar-refractivity contribution is 7.91. The minimum absolute atomic E-state index is 0.299. The van der Waals surface area contributed by atoms with Crippen LogP contribution in [0.3, 0.4) is 0 Å². The largest absolute Gasteiger partial charge is 0.229 e. The fourth-order valence-corrected chi connectivity index (χ4v) is 2.41. The maximum atomic E-state index is 11.2. The minimum Gasteiger partial charge on any atom is -0.229 e. The monoisotopic (exact) mass is 190 g/mol. The van der Waals surface area contributed by atoms with Crippen LogP contribution in [0.5, 0.6) is 0 Å². The Morgan fingerprint density at radius 3 is 1.83 bits per heavy atom. The molecule has 2 nitrogen and oxygen atoms in total. The van der Waals surface area contributed by atoms with Gasteiger partial charge in [-0.3, -0.25) is 0 Å². The first-order valence-electron chi connectivity index (χ1n) is 4.41. The van der Waals surface area contributed by atoms with E-state index in [2.05, 4.69) is 13.8 Å². The summed E-state index contributed by atoms with van der Waals surface area (Å²) in [5.41, 5.74) is 0. The van der Waals surface area contributed by atoms with Crippen LogP contribution < -0.4 is 0 Å².